The topological polar surface area (TPSA) is 26.3 Å². The zero-order chi connectivity index (χ0) is 14.2. The summed E-state index contributed by atoms with van der Waals surface area (Å²) in [6.45, 7) is 2.79. The van der Waals surface area contributed by atoms with Crippen molar-refractivity contribution in [3.63, 3.8) is 0 Å². The van der Waals surface area contributed by atoms with Gasteiger partial charge in [-0.3, -0.25) is 4.79 Å². The first-order chi connectivity index (χ1) is 9.79. The second kappa shape index (κ2) is 8.08. The van der Waals surface area contributed by atoms with Crippen molar-refractivity contribution in [1.29, 1.82) is 0 Å². The largest absolute Gasteiger partial charge is 0.466 e. The lowest BCUT2D eigenvalue weighted by Gasteiger charge is -2.23. The first-order valence-electron chi connectivity index (χ1n) is 8.02. The zero-order valence-corrected chi connectivity index (χ0v) is 12.6. The van der Waals surface area contributed by atoms with Gasteiger partial charge in [0.2, 0.25) is 0 Å². The number of ether oxygens (including phenoxy) is 1. The van der Waals surface area contributed by atoms with E-state index in [2.05, 4.69) is 31.2 Å². The number of benzene rings is 1. The number of hydrogen-bond donors (Lipinski definition) is 0. The molecule has 1 unspecified atom stereocenters. The average Bonchev–Trinajstić information content (AvgIpc) is 2.47. The summed E-state index contributed by atoms with van der Waals surface area (Å²) >= 11 is 0. The van der Waals surface area contributed by atoms with Crippen LogP contribution in [-0.4, -0.2) is 12.6 Å². The van der Waals surface area contributed by atoms with Gasteiger partial charge < -0.3 is 4.74 Å². The van der Waals surface area contributed by atoms with E-state index in [-0.39, 0.29) is 5.97 Å². The van der Waals surface area contributed by atoms with Gasteiger partial charge in [-0.1, -0.05) is 50.5 Å². The Labute approximate surface area is 122 Å². The number of esters is 1. The number of carbonyl (C=O) groups is 1. The molecule has 0 amide bonds. The lowest BCUT2D eigenvalue weighted by molar-refractivity contribution is -0.145. The van der Waals surface area contributed by atoms with E-state index < -0.39 is 0 Å². The fourth-order valence-corrected chi connectivity index (χ4v) is 2.96. The summed E-state index contributed by atoms with van der Waals surface area (Å²) in [5.74, 6) is 0.457. The van der Waals surface area contributed by atoms with Crippen LogP contribution in [0.3, 0.4) is 0 Å². The minimum Gasteiger partial charge on any atom is -0.466 e. The van der Waals surface area contributed by atoms with E-state index in [9.17, 15) is 4.79 Å². The van der Waals surface area contributed by atoms with Crippen LogP contribution >= 0.6 is 0 Å². The van der Waals surface area contributed by atoms with E-state index in [0.29, 0.717) is 18.9 Å². The van der Waals surface area contributed by atoms with Crippen LogP contribution in [0.5, 0.6) is 0 Å². The average molecular weight is 274 g/mol. The molecule has 110 valence electrons. The van der Waals surface area contributed by atoms with Crippen LogP contribution in [0.25, 0.3) is 0 Å². The molecular formula is C18H26O2. The first kappa shape index (κ1) is 15.1. The van der Waals surface area contributed by atoms with E-state index >= 15 is 0 Å². The normalized spacial score (nSPS) is 17.6. The highest BCUT2D eigenvalue weighted by Crippen LogP contribution is 2.27. The Morgan fingerprint density at radius 1 is 1.20 bits per heavy atom. The Bertz CT molecular complexity index is 425. The molecule has 2 nitrogen and oxygen atoms in total. The van der Waals surface area contributed by atoms with Gasteiger partial charge in [0.05, 0.1) is 6.61 Å². The maximum atomic E-state index is 11.8. The third kappa shape index (κ3) is 4.66. The lowest BCUT2D eigenvalue weighted by Crippen LogP contribution is -2.19. The Morgan fingerprint density at radius 3 is 2.80 bits per heavy atom. The van der Waals surface area contributed by atoms with Crippen LogP contribution in [0, 0.1) is 5.92 Å². The van der Waals surface area contributed by atoms with Crippen molar-refractivity contribution in [2.45, 2.75) is 58.3 Å². The molecule has 2 heteroatoms. The number of rotatable bonds is 7. The summed E-state index contributed by atoms with van der Waals surface area (Å²) < 4.78 is 5.34. The second-order valence-electron chi connectivity index (χ2n) is 5.86. The van der Waals surface area contributed by atoms with Crippen LogP contribution in [0.15, 0.2) is 24.3 Å². The standard InChI is InChI=1S/C18H26O2/c1-2-3-4-7-12-20-18(19)14-15-10-11-16-8-5-6-9-17(16)13-15/h5-6,8-9,15H,2-4,7,10-14H2,1H3. The van der Waals surface area contributed by atoms with Crippen molar-refractivity contribution < 1.29 is 9.53 Å². The molecule has 1 atom stereocenters. The highest BCUT2D eigenvalue weighted by molar-refractivity contribution is 5.69. The first-order valence-corrected chi connectivity index (χ1v) is 8.02. The van der Waals surface area contributed by atoms with Crippen LogP contribution in [0.2, 0.25) is 0 Å². The molecule has 2 rings (SSSR count). The number of unbranched alkanes of at least 4 members (excludes halogenated alkanes) is 3. The van der Waals surface area contributed by atoms with Gasteiger partial charge in [-0.25, -0.2) is 0 Å². The summed E-state index contributed by atoms with van der Waals surface area (Å²) in [5.41, 5.74) is 2.87. The van der Waals surface area contributed by atoms with E-state index in [1.165, 1.54) is 30.4 Å². The van der Waals surface area contributed by atoms with Crippen LogP contribution in [0.4, 0.5) is 0 Å². The lowest BCUT2D eigenvalue weighted by atomic mass is 9.82. The summed E-state index contributed by atoms with van der Waals surface area (Å²) in [4.78, 5) is 11.8. The van der Waals surface area contributed by atoms with Gasteiger partial charge >= 0.3 is 5.97 Å². The smallest absolute Gasteiger partial charge is 0.306 e. The van der Waals surface area contributed by atoms with E-state index in [0.717, 1.165) is 25.7 Å². The molecule has 0 aromatic heterocycles. The van der Waals surface area contributed by atoms with Crippen molar-refractivity contribution in [2.24, 2.45) is 5.92 Å². The van der Waals surface area contributed by atoms with Gasteiger partial charge in [-0.2, -0.15) is 0 Å². The van der Waals surface area contributed by atoms with Gasteiger partial charge in [0, 0.05) is 6.42 Å². The maximum absolute atomic E-state index is 11.8. The molecule has 0 heterocycles. The Kier molecular flexibility index (Phi) is 6.10. The van der Waals surface area contributed by atoms with Crippen molar-refractivity contribution in [3.05, 3.63) is 35.4 Å². The van der Waals surface area contributed by atoms with Crippen molar-refractivity contribution in [2.75, 3.05) is 6.61 Å². The summed E-state index contributed by atoms with van der Waals surface area (Å²) in [5, 5.41) is 0. The molecule has 1 aromatic carbocycles. The fraction of sp³-hybridized carbons (Fsp3) is 0.611. The monoisotopic (exact) mass is 274 g/mol. The molecule has 0 fully saturated rings. The molecule has 0 saturated carbocycles. The SMILES string of the molecule is CCCCCCOC(=O)CC1CCc2ccccc2C1. The number of carbonyl (C=O) groups excluding carboxylic acids is 1. The molecule has 1 aliphatic rings. The van der Waals surface area contributed by atoms with Crippen LogP contribution in [-0.2, 0) is 22.4 Å². The Hall–Kier alpha value is -1.31. The molecule has 0 N–H and O–H groups in total. The van der Waals surface area contributed by atoms with E-state index in [1.54, 1.807) is 0 Å². The molecule has 0 bridgehead atoms. The molecule has 20 heavy (non-hydrogen) atoms. The van der Waals surface area contributed by atoms with Gasteiger partial charge in [0.1, 0.15) is 0 Å². The third-order valence-corrected chi connectivity index (χ3v) is 4.17. The van der Waals surface area contributed by atoms with Crippen LogP contribution in [0.1, 0.15) is 56.6 Å². The van der Waals surface area contributed by atoms with Crippen molar-refractivity contribution in [3.8, 4) is 0 Å². The predicted octanol–water partition coefficient (Wildman–Crippen LogP) is 4.31. The molecular weight excluding hydrogens is 248 g/mol. The van der Waals surface area contributed by atoms with Gasteiger partial charge in [-0.05, 0) is 42.7 Å². The number of hydrogen-bond acceptors (Lipinski definition) is 2. The molecule has 0 spiro atoms. The van der Waals surface area contributed by atoms with Crippen molar-refractivity contribution in [1.82, 2.24) is 0 Å². The third-order valence-electron chi connectivity index (χ3n) is 4.17. The van der Waals surface area contributed by atoms with Gasteiger partial charge in [-0.15, -0.1) is 0 Å². The summed E-state index contributed by atoms with van der Waals surface area (Å²) in [7, 11) is 0. The van der Waals surface area contributed by atoms with Crippen LogP contribution < -0.4 is 0 Å². The molecule has 0 aliphatic heterocycles. The second-order valence-corrected chi connectivity index (χ2v) is 5.86. The molecule has 1 aliphatic carbocycles. The fourth-order valence-electron chi connectivity index (χ4n) is 2.96. The predicted molar refractivity (Wildman–Crippen MR) is 81.7 cm³/mol. The minimum atomic E-state index is -0.00844. The Balaban J connectivity index is 1.68. The van der Waals surface area contributed by atoms with E-state index in [1.807, 2.05) is 0 Å². The zero-order valence-electron chi connectivity index (χ0n) is 12.6. The van der Waals surface area contributed by atoms with Gasteiger partial charge in [0.25, 0.3) is 0 Å². The maximum Gasteiger partial charge on any atom is 0.306 e. The number of aryl methyl sites for hydroxylation is 1. The minimum absolute atomic E-state index is 0.00844. The molecule has 1 aromatic rings. The Morgan fingerprint density at radius 2 is 2.00 bits per heavy atom. The van der Waals surface area contributed by atoms with Gasteiger partial charge in [0.15, 0.2) is 0 Å². The summed E-state index contributed by atoms with van der Waals surface area (Å²) in [6.07, 6.45) is 8.45. The molecule has 0 radical (unpaired) electrons. The number of fused-ring (bicyclic) bond motifs is 1. The van der Waals surface area contributed by atoms with Crippen molar-refractivity contribution >= 4 is 5.97 Å². The van der Waals surface area contributed by atoms with E-state index in [4.69, 9.17) is 4.74 Å². The highest BCUT2D eigenvalue weighted by atomic mass is 16.5. The highest BCUT2D eigenvalue weighted by Gasteiger charge is 2.21. The quantitative estimate of drug-likeness (QED) is 0.547. The summed E-state index contributed by atoms with van der Waals surface area (Å²) in [6, 6.07) is 8.59. The molecule has 0 saturated heterocycles.